The van der Waals surface area contributed by atoms with Gasteiger partial charge in [-0.25, -0.2) is 0 Å². The van der Waals surface area contributed by atoms with Crippen molar-refractivity contribution in [3.63, 3.8) is 0 Å². The molecule has 0 bridgehead atoms. The molecule has 136 valence electrons. The first kappa shape index (κ1) is 19.2. The van der Waals surface area contributed by atoms with Gasteiger partial charge in [0.15, 0.2) is 0 Å². The highest BCUT2D eigenvalue weighted by Crippen LogP contribution is 2.24. The summed E-state index contributed by atoms with van der Waals surface area (Å²) in [5.74, 6) is 0.213. The topological polar surface area (TPSA) is 66.5 Å². The molecule has 1 fully saturated rings. The molecule has 3 amide bonds. The average molecular weight is 344 g/mol. The quantitative estimate of drug-likeness (QED) is 0.773. The van der Waals surface area contributed by atoms with Gasteiger partial charge in [0.1, 0.15) is 0 Å². The SMILES string of the molecule is CC(C)c1ccc(C(NC(=O)CCN2C(=O)CCC2=O)C(C)C)cc1. The van der Waals surface area contributed by atoms with Crippen molar-refractivity contribution in [2.24, 2.45) is 5.92 Å². The third-order valence-corrected chi connectivity index (χ3v) is 4.66. The van der Waals surface area contributed by atoms with Crippen molar-refractivity contribution >= 4 is 17.7 Å². The first-order valence-electron chi connectivity index (χ1n) is 9.02. The summed E-state index contributed by atoms with van der Waals surface area (Å²) in [7, 11) is 0. The van der Waals surface area contributed by atoms with Gasteiger partial charge in [0.25, 0.3) is 0 Å². The van der Waals surface area contributed by atoms with Gasteiger partial charge < -0.3 is 5.32 Å². The van der Waals surface area contributed by atoms with Gasteiger partial charge in [-0.3, -0.25) is 19.3 Å². The first-order chi connectivity index (χ1) is 11.8. The molecule has 1 heterocycles. The van der Waals surface area contributed by atoms with Crippen LogP contribution in [0.4, 0.5) is 0 Å². The molecule has 1 aromatic carbocycles. The minimum atomic E-state index is -0.178. The lowest BCUT2D eigenvalue weighted by molar-refractivity contribution is -0.138. The van der Waals surface area contributed by atoms with Crippen LogP contribution in [-0.2, 0) is 14.4 Å². The van der Waals surface area contributed by atoms with Crippen molar-refractivity contribution in [3.05, 3.63) is 35.4 Å². The van der Waals surface area contributed by atoms with Crippen LogP contribution in [0.1, 0.15) is 70.0 Å². The molecule has 5 nitrogen and oxygen atoms in total. The molecule has 2 rings (SSSR count). The van der Waals surface area contributed by atoms with Gasteiger partial charge in [-0.1, -0.05) is 52.0 Å². The number of imide groups is 1. The van der Waals surface area contributed by atoms with E-state index < -0.39 is 0 Å². The third kappa shape index (κ3) is 4.91. The molecule has 1 aromatic rings. The van der Waals surface area contributed by atoms with Crippen LogP contribution in [0.15, 0.2) is 24.3 Å². The Bertz CT molecular complexity index is 619. The normalized spacial score (nSPS) is 16.0. The van der Waals surface area contributed by atoms with Gasteiger partial charge in [-0.15, -0.1) is 0 Å². The summed E-state index contributed by atoms with van der Waals surface area (Å²) in [5.41, 5.74) is 2.34. The van der Waals surface area contributed by atoms with Crippen LogP contribution in [-0.4, -0.2) is 29.2 Å². The van der Waals surface area contributed by atoms with Crippen molar-refractivity contribution in [1.82, 2.24) is 10.2 Å². The fourth-order valence-corrected chi connectivity index (χ4v) is 3.05. The molecule has 0 spiro atoms. The van der Waals surface area contributed by atoms with Gasteiger partial charge in [-0.2, -0.15) is 0 Å². The summed E-state index contributed by atoms with van der Waals surface area (Å²) in [4.78, 5) is 36.7. The van der Waals surface area contributed by atoms with E-state index in [0.717, 1.165) is 5.56 Å². The van der Waals surface area contributed by atoms with E-state index in [9.17, 15) is 14.4 Å². The minimum Gasteiger partial charge on any atom is -0.349 e. The molecular weight excluding hydrogens is 316 g/mol. The van der Waals surface area contributed by atoms with Crippen LogP contribution >= 0.6 is 0 Å². The Balaban J connectivity index is 1.97. The summed E-state index contributed by atoms with van der Waals surface area (Å²) in [6.45, 7) is 8.60. The molecule has 25 heavy (non-hydrogen) atoms. The van der Waals surface area contributed by atoms with E-state index in [1.807, 2.05) is 0 Å². The number of likely N-dealkylation sites (tertiary alicyclic amines) is 1. The molecule has 1 aliphatic rings. The molecular formula is C20H28N2O3. The maximum Gasteiger partial charge on any atom is 0.229 e. The monoisotopic (exact) mass is 344 g/mol. The number of rotatable bonds is 7. The third-order valence-electron chi connectivity index (χ3n) is 4.66. The number of carbonyl (C=O) groups excluding carboxylic acids is 3. The minimum absolute atomic E-state index is 0.0845. The number of hydrogen-bond acceptors (Lipinski definition) is 3. The van der Waals surface area contributed by atoms with Gasteiger partial charge in [0.05, 0.1) is 6.04 Å². The second kappa shape index (κ2) is 8.28. The van der Waals surface area contributed by atoms with Crippen molar-refractivity contribution in [2.45, 2.75) is 58.9 Å². The van der Waals surface area contributed by atoms with Crippen LogP contribution in [0, 0.1) is 5.92 Å². The van der Waals surface area contributed by atoms with Crippen LogP contribution in [0.5, 0.6) is 0 Å². The number of benzene rings is 1. The lowest BCUT2D eigenvalue weighted by Gasteiger charge is -2.24. The Labute approximate surface area is 149 Å². The summed E-state index contributed by atoms with van der Waals surface area (Å²) in [6.07, 6.45) is 0.666. The summed E-state index contributed by atoms with van der Waals surface area (Å²) < 4.78 is 0. The van der Waals surface area contributed by atoms with Crippen molar-refractivity contribution in [1.29, 1.82) is 0 Å². The number of carbonyl (C=O) groups is 3. The molecule has 1 saturated heterocycles. The summed E-state index contributed by atoms with van der Waals surface area (Å²) in [6, 6.07) is 8.24. The fraction of sp³-hybridized carbons (Fsp3) is 0.550. The highest BCUT2D eigenvalue weighted by Gasteiger charge is 2.29. The highest BCUT2D eigenvalue weighted by atomic mass is 16.2. The molecule has 0 radical (unpaired) electrons. The van der Waals surface area contributed by atoms with E-state index in [1.54, 1.807) is 0 Å². The van der Waals surface area contributed by atoms with Gasteiger partial charge in [0.2, 0.25) is 17.7 Å². The Hall–Kier alpha value is -2.17. The average Bonchev–Trinajstić information content (AvgIpc) is 2.89. The second-order valence-corrected chi connectivity index (χ2v) is 7.30. The molecule has 5 heteroatoms. The zero-order valence-corrected chi connectivity index (χ0v) is 15.5. The van der Waals surface area contributed by atoms with Crippen LogP contribution in [0.3, 0.4) is 0 Å². The second-order valence-electron chi connectivity index (χ2n) is 7.30. The van der Waals surface area contributed by atoms with E-state index >= 15 is 0 Å². The standard InChI is InChI=1S/C20H28N2O3/c1-13(2)15-5-7-16(8-6-15)20(14(3)4)21-17(23)11-12-22-18(24)9-10-19(22)25/h5-8,13-14,20H,9-12H2,1-4H3,(H,21,23). The van der Waals surface area contributed by atoms with Gasteiger partial charge in [-0.05, 0) is 23.0 Å². The Morgan fingerprint density at radius 3 is 2.00 bits per heavy atom. The van der Waals surface area contributed by atoms with E-state index in [0.29, 0.717) is 5.92 Å². The van der Waals surface area contributed by atoms with Crippen LogP contribution in [0.2, 0.25) is 0 Å². The number of amides is 3. The predicted octanol–water partition coefficient (Wildman–Crippen LogP) is 3.16. The molecule has 1 unspecified atom stereocenters. The molecule has 1 aliphatic heterocycles. The van der Waals surface area contributed by atoms with Crippen molar-refractivity contribution < 1.29 is 14.4 Å². The van der Waals surface area contributed by atoms with Crippen molar-refractivity contribution in [2.75, 3.05) is 6.54 Å². The van der Waals surface area contributed by atoms with E-state index in [-0.39, 0.29) is 55.5 Å². The van der Waals surface area contributed by atoms with Crippen molar-refractivity contribution in [3.8, 4) is 0 Å². The Morgan fingerprint density at radius 1 is 1.00 bits per heavy atom. The van der Waals surface area contributed by atoms with Crippen LogP contribution < -0.4 is 5.32 Å². The Kier molecular flexibility index (Phi) is 6.34. The molecule has 0 aromatic heterocycles. The number of nitrogens with zero attached hydrogens (tertiary/aromatic N) is 1. The largest absolute Gasteiger partial charge is 0.349 e. The zero-order chi connectivity index (χ0) is 18.6. The molecule has 0 saturated carbocycles. The fourth-order valence-electron chi connectivity index (χ4n) is 3.05. The predicted molar refractivity (Wildman–Crippen MR) is 96.8 cm³/mol. The number of hydrogen-bond donors (Lipinski definition) is 1. The number of nitrogens with one attached hydrogen (secondary N) is 1. The van der Waals surface area contributed by atoms with Gasteiger partial charge >= 0.3 is 0 Å². The molecule has 0 aliphatic carbocycles. The van der Waals surface area contributed by atoms with E-state index in [1.165, 1.54) is 10.5 Å². The molecule has 1 N–H and O–H groups in total. The maximum atomic E-state index is 12.3. The van der Waals surface area contributed by atoms with Crippen LogP contribution in [0.25, 0.3) is 0 Å². The maximum absolute atomic E-state index is 12.3. The first-order valence-corrected chi connectivity index (χ1v) is 9.02. The molecule has 1 atom stereocenters. The van der Waals surface area contributed by atoms with Gasteiger partial charge in [0, 0.05) is 25.8 Å². The zero-order valence-electron chi connectivity index (χ0n) is 15.5. The summed E-state index contributed by atoms with van der Waals surface area (Å²) in [5, 5.41) is 3.05. The lowest BCUT2D eigenvalue weighted by Crippen LogP contribution is -2.36. The Morgan fingerprint density at radius 2 is 1.52 bits per heavy atom. The smallest absolute Gasteiger partial charge is 0.229 e. The van der Waals surface area contributed by atoms with E-state index in [4.69, 9.17) is 0 Å². The highest BCUT2D eigenvalue weighted by molar-refractivity contribution is 6.02. The summed E-state index contributed by atoms with van der Waals surface area (Å²) >= 11 is 0. The van der Waals surface area contributed by atoms with E-state index in [2.05, 4.69) is 57.3 Å². The lowest BCUT2D eigenvalue weighted by atomic mass is 9.93.